The van der Waals surface area contributed by atoms with Crippen molar-refractivity contribution in [1.29, 1.82) is 0 Å². The van der Waals surface area contributed by atoms with Crippen LogP contribution in [0.5, 0.6) is 0 Å². The number of aromatic nitrogens is 2. The molecule has 0 spiro atoms. The third-order valence-electron chi connectivity index (χ3n) is 4.11. The Kier molecular flexibility index (Phi) is 2.90. The van der Waals surface area contributed by atoms with E-state index in [1.165, 1.54) is 38.6 Å². The van der Waals surface area contributed by atoms with Crippen molar-refractivity contribution < 1.29 is 4.52 Å². The lowest BCUT2D eigenvalue weighted by Crippen LogP contribution is -2.63. The molecule has 4 rings (SSSR count). The fourth-order valence-electron chi connectivity index (χ4n) is 3.11. The van der Waals surface area contributed by atoms with Gasteiger partial charge in [0.25, 0.3) is 0 Å². The maximum atomic E-state index is 5.49. The van der Waals surface area contributed by atoms with Crippen molar-refractivity contribution in [2.45, 2.75) is 50.9 Å². The summed E-state index contributed by atoms with van der Waals surface area (Å²) >= 11 is 0. The van der Waals surface area contributed by atoms with Gasteiger partial charge in [-0.15, -0.1) is 0 Å². The smallest absolute Gasteiger partial charge is 0.235 e. The highest BCUT2D eigenvalue weighted by molar-refractivity contribution is 5.16. The summed E-state index contributed by atoms with van der Waals surface area (Å²) in [6.07, 6.45) is 7.13. The molecule has 3 fully saturated rings. The molecule has 0 aromatic carbocycles. The maximum absolute atomic E-state index is 5.49. The highest BCUT2D eigenvalue weighted by Crippen LogP contribution is 2.41. The van der Waals surface area contributed by atoms with Gasteiger partial charge in [-0.2, -0.15) is 4.98 Å². The van der Waals surface area contributed by atoms with Crippen LogP contribution in [0, 0.1) is 0 Å². The molecule has 3 aliphatic heterocycles. The number of unbranched alkanes of at least 4 members (excludes halogenated alkanes) is 2. The van der Waals surface area contributed by atoms with Crippen LogP contribution >= 0.6 is 0 Å². The van der Waals surface area contributed by atoms with Crippen molar-refractivity contribution in [2.75, 3.05) is 19.6 Å². The Balaban J connectivity index is 1.64. The highest BCUT2D eigenvalue weighted by atomic mass is 16.5. The number of hydrogen-bond donors (Lipinski definition) is 0. The third-order valence-corrected chi connectivity index (χ3v) is 4.11. The lowest BCUT2D eigenvalue weighted by Gasteiger charge is -2.52. The second-order valence-electron chi connectivity index (χ2n) is 5.57. The Morgan fingerprint density at radius 3 is 2.94 bits per heavy atom. The van der Waals surface area contributed by atoms with Gasteiger partial charge in [0.1, 0.15) is 0 Å². The molecule has 0 atom stereocenters. The Bertz CT molecular complexity index is 376. The van der Waals surface area contributed by atoms with Crippen molar-refractivity contribution in [3.05, 3.63) is 11.7 Å². The fourth-order valence-corrected chi connectivity index (χ4v) is 3.11. The zero-order valence-electron chi connectivity index (χ0n) is 10.6. The van der Waals surface area contributed by atoms with Crippen LogP contribution in [-0.2, 0) is 11.8 Å². The Morgan fingerprint density at radius 1 is 1.35 bits per heavy atom. The van der Waals surface area contributed by atoms with E-state index in [0.29, 0.717) is 0 Å². The number of piperidine rings is 2. The van der Waals surface area contributed by atoms with E-state index < -0.39 is 0 Å². The van der Waals surface area contributed by atoms with E-state index in [2.05, 4.69) is 22.0 Å². The van der Waals surface area contributed by atoms with Gasteiger partial charge >= 0.3 is 0 Å². The van der Waals surface area contributed by atoms with Crippen molar-refractivity contribution in [1.82, 2.24) is 15.0 Å². The van der Waals surface area contributed by atoms with Gasteiger partial charge in [-0.25, -0.2) is 0 Å². The van der Waals surface area contributed by atoms with Crippen LogP contribution in [-0.4, -0.2) is 34.7 Å². The van der Waals surface area contributed by atoms with Crippen molar-refractivity contribution in [3.63, 3.8) is 0 Å². The van der Waals surface area contributed by atoms with Gasteiger partial charge in [0.2, 0.25) is 5.89 Å². The first-order valence-electron chi connectivity index (χ1n) is 6.88. The molecule has 0 aliphatic carbocycles. The first kappa shape index (κ1) is 11.2. The van der Waals surface area contributed by atoms with Gasteiger partial charge < -0.3 is 9.42 Å². The molecule has 0 unspecified atom stereocenters. The first-order valence-corrected chi connectivity index (χ1v) is 6.88. The normalized spacial score (nSPS) is 31.2. The van der Waals surface area contributed by atoms with Gasteiger partial charge in [0.05, 0.1) is 5.41 Å². The fraction of sp³-hybridized carbons (Fsp3) is 0.846. The molecule has 0 saturated carbocycles. The number of fused-ring (bicyclic) bond motifs is 2. The Labute approximate surface area is 102 Å². The molecule has 4 nitrogen and oxygen atoms in total. The third kappa shape index (κ3) is 1.99. The molecule has 4 heteroatoms. The minimum Gasteiger partial charge on any atom is -0.339 e. The zero-order chi connectivity index (χ0) is 11.7. The summed E-state index contributed by atoms with van der Waals surface area (Å²) in [5.41, 5.74) is 0.217. The maximum Gasteiger partial charge on any atom is 0.235 e. The number of hydrogen-bond acceptors (Lipinski definition) is 4. The van der Waals surface area contributed by atoms with Crippen molar-refractivity contribution in [3.8, 4) is 0 Å². The van der Waals surface area contributed by atoms with Crippen LogP contribution in [0.4, 0.5) is 0 Å². The molecule has 3 aliphatic rings. The number of nitrogens with zero attached hydrogens (tertiary/aromatic N) is 3. The quantitative estimate of drug-likeness (QED) is 0.733. The molecule has 94 valence electrons. The monoisotopic (exact) mass is 235 g/mol. The van der Waals surface area contributed by atoms with E-state index in [0.717, 1.165) is 31.2 Å². The SMILES string of the molecule is CCCCCc1noc(C23CCCN(C2)C3)n1. The minimum absolute atomic E-state index is 0.217. The molecule has 0 radical (unpaired) electrons. The number of rotatable bonds is 5. The van der Waals surface area contributed by atoms with Crippen LogP contribution < -0.4 is 0 Å². The van der Waals surface area contributed by atoms with Crippen LogP contribution in [0.2, 0.25) is 0 Å². The summed E-state index contributed by atoms with van der Waals surface area (Å²) in [4.78, 5) is 7.09. The molecule has 0 N–H and O–H groups in total. The molecular weight excluding hydrogens is 214 g/mol. The number of aryl methyl sites for hydroxylation is 1. The van der Waals surface area contributed by atoms with Gasteiger partial charge in [-0.1, -0.05) is 24.9 Å². The predicted molar refractivity (Wildman–Crippen MR) is 64.9 cm³/mol. The molecule has 17 heavy (non-hydrogen) atoms. The lowest BCUT2D eigenvalue weighted by molar-refractivity contribution is -0.00680. The van der Waals surface area contributed by atoms with Gasteiger partial charge in [0.15, 0.2) is 5.82 Å². The minimum atomic E-state index is 0.217. The molecule has 3 saturated heterocycles. The van der Waals surface area contributed by atoms with E-state index in [1.54, 1.807) is 0 Å². The summed E-state index contributed by atoms with van der Waals surface area (Å²) in [5, 5.41) is 4.13. The lowest BCUT2D eigenvalue weighted by atomic mass is 9.72. The van der Waals surface area contributed by atoms with Crippen LogP contribution in [0.1, 0.15) is 50.7 Å². The summed E-state index contributed by atoms with van der Waals surface area (Å²) in [5.74, 6) is 1.81. The Hall–Kier alpha value is -0.900. The van der Waals surface area contributed by atoms with Crippen molar-refractivity contribution >= 4 is 0 Å². The molecule has 1 aromatic heterocycles. The van der Waals surface area contributed by atoms with E-state index in [-0.39, 0.29) is 5.41 Å². The van der Waals surface area contributed by atoms with Gasteiger partial charge in [-0.3, -0.25) is 0 Å². The zero-order valence-corrected chi connectivity index (χ0v) is 10.6. The first-order chi connectivity index (χ1) is 8.32. The highest BCUT2D eigenvalue weighted by Gasteiger charge is 2.50. The average Bonchev–Trinajstić information content (AvgIpc) is 2.78. The van der Waals surface area contributed by atoms with Crippen LogP contribution in [0.25, 0.3) is 0 Å². The molecule has 1 aromatic rings. The summed E-state index contributed by atoms with van der Waals surface area (Å²) in [7, 11) is 0. The molecule has 4 heterocycles. The molecule has 2 bridgehead atoms. The largest absolute Gasteiger partial charge is 0.339 e. The summed E-state index contributed by atoms with van der Waals surface area (Å²) in [6, 6.07) is 0. The van der Waals surface area contributed by atoms with Gasteiger partial charge in [-0.05, 0) is 25.8 Å². The second kappa shape index (κ2) is 4.41. The van der Waals surface area contributed by atoms with E-state index in [4.69, 9.17) is 4.52 Å². The predicted octanol–water partition coefficient (Wildman–Crippen LogP) is 2.15. The van der Waals surface area contributed by atoms with Gasteiger partial charge in [0, 0.05) is 19.5 Å². The average molecular weight is 235 g/mol. The van der Waals surface area contributed by atoms with E-state index in [1.807, 2.05) is 0 Å². The summed E-state index contributed by atoms with van der Waals surface area (Å²) in [6.45, 7) is 5.72. The van der Waals surface area contributed by atoms with Crippen molar-refractivity contribution in [2.24, 2.45) is 0 Å². The summed E-state index contributed by atoms with van der Waals surface area (Å²) < 4.78 is 5.49. The second-order valence-corrected chi connectivity index (χ2v) is 5.57. The van der Waals surface area contributed by atoms with Crippen LogP contribution in [0.3, 0.4) is 0 Å². The topological polar surface area (TPSA) is 42.2 Å². The van der Waals surface area contributed by atoms with E-state index >= 15 is 0 Å². The Morgan fingerprint density at radius 2 is 2.24 bits per heavy atom. The van der Waals surface area contributed by atoms with E-state index in [9.17, 15) is 0 Å². The standard InChI is InChI=1S/C13H21N3O/c1-2-3-4-6-11-14-12(17-15-11)13-7-5-8-16(9-13)10-13/h2-10H2,1H3. The molecule has 0 amide bonds. The molecular formula is C13H21N3O. The van der Waals surface area contributed by atoms with Crippen LogP contribution in [0.15, 0.2) is 4.52 Å².